The lowest BCUT2D eigenvalue weighted by molar-refractivity contribution is -0.129. The van der Waals surface area contributed by atoms with Gasteiger partial charge in [0.2, 0.25) is 11.8 Å². The number of amides is 2. The number of nitrogens with zero attached hydrogens (tertiary/aromatic N) is 3. The van der Waals surface area contributed by atoms with Crippen molar-refractivity contribution in [3.05, 3.63) is 54.1 Å². The summed E-state index contributed by atoms with van der Waals surface area (Å²) in [5.74, 6) is 1.13. The van der Waals surface area contributed by atoms with E-state index in [0.717, 1.165) is 68.4 Å². The van der Waals surface area contributed by atoms with Crippen molar-refractivity contribution in [2.75, 3.05) is 64.9 Å². The van der Waals surface area contributed by atoms with E-state index in [2.05, 4.69) is 22.0 Å². The molecule has 0 radical (unpaired) electrons. The van der Waals surface area contributed by atoms with Crippen LogP contribution in [0.3, 0.4) is 0 Å². The third-order valence-electron chi connectivity index (χ3n) is 7.60. The number of benzene rings is 2. The van der Waals surface area contributed by atoms with Gasteiger partial charge in [-0.25, -0.2) is 0 Å². The van der Waals surface area contributed by atoms with Gasteiger partial charge in [-0.1, -0.05) is 19.1 Å². The lowest BCUT2D eigenvalue weighted by Gasteiger charge is -2.41. The van der Waals surface area contributed by atoms with E-state index in [1.165, 1.54) is 0 Å². The Morgan fingerprint density at radius 1 is 0.919 bits per heavy atom. The van der Waals surface area contributed by atoms with Gasteiger partial charge < -0.3 is 29.5 Å². The maximum absolute atomic E-state index is 13.5. The average Bonchev–Trinajstić information content (AvgIpc) is 2.95. The second kappa shape index (κ2) is 12.9. The van der Waals surface area contributed by atoms with E-state index in [-0.39, 0.29) is 17.7 Å². The molecule has 2 aliphatic rings. The standard InChI is InChI=1S/C29H40N4O4/c1-4-31-18-20-32(21-19-31)17-5-16-30-29(35)26-14-15-27(34)33(23-8-12-25(37-3)13-9-23)28(26)22-6-10-24(36-2)11-7-22/h6-13,26,28H,4-5,14-21H2,1-3H3,(H,30,35)/t26-,28+/m1/s1. The molecule has 2 amide bonds. The first-order chi connectivity index (χ1) is 18.0. The van der Waals surface area contributed by atoms with E-state index in [1.54, 1.807) is 19.1 Å². The number of rotatable bonds is 10. The summed E-state index contributed by atoms with van der Waals surface area (Å²) in [6.45, 7) is 9.34. The summed E-state index contributed by atoms with van der Waals surface area (Å²) >= 11 is 0. The minimum atomic E-state index is -0.400. The van der Waals surface area contributed by atoms with Crippen LogP contribution < -0.4 is 19.7 Å². The number of hydrogen-bond donors (Lipinski definition) is 1. The third kappa shape index (κ3) is 6.62. The summed E-state index contributed by atoms with van der Waals surface area (Å²) in [5.41, 5.74) is 1.67. The Balaban J connectivity index is 1.47. The van der Waals surface area contributed by atoms with E-state index in [4.69, 9.17) is 9.47 Å². The van der Waals surface area contributed by atoms with Crippen molar-refractivity contribution in [2.24, 2.45) is 5.92 Å². The summed E-state index contributed by atoms with van der Waals surface area (Å²) in [4.78, 5) is 33.5. The van der Waals surface area contributed by atoms with Gasteiger partial charge in [-0.05, 0) is 67.9 Å². The number of carbonyl (C=O) groups excluding carboxylic acids is 2. The zero-order valence-corrected chi connectivity index (χ0v) is 22.3. The molecule has 2 aliphatic heterocycles. The molecule has 0 aliphatic carbocycles. The first kappa shape index (κ1) is 26.9. The van der Waals surface area contributed by atoms with Crippen molar-refractivity contribution in [3.8, 4) is 11.5 Å². The van der Waals surface area contributed by atoms with Crippen molar-refractivity contribution in [1.29, 1.82) is 0 Å². The maximum atomic E-state index is 13.5. The van der Waals surface area contributed by atoms with Crippen LogP contribution in [0, 0.1) is 5.92 Å². The Morgan fingerprint density at radius 2 is 1.51 bits per heavy atom. The summed E-state index contributed by atoms with van der Waals surface area (Å²) < 4.78 is 10.6. The zero-order chi connectivity index (χ0) is 26.2. The highest BCUT2D eigenvalue weighted by Crippen LogP contribution is 2.40. The Bertz CT molecular complexity index is 1020. The van der Waals surface area contributed by atoms with Crippen molar-refractivity contribution in [3.63, 3.8) is 0 Å². The van der Waals surface area contributed by atoms with Gasteiger partial charge in [-0.3, -0.25) is 9.59 Å². The van der Waals surface area contributed by atoms with Crippen LogP contribution in [0.2, 0.25) is 0 Å². The molecule has 8 nitrogen and oxygen atoms in total. The Labute approximate surface area is 220 Å². The monoisotopic (exact) mass is 508 g/mol. The second-order valence-corrected chi connectivity index (χ2v) is 9.75. The molecule has 0 unspecified atom stereocenters. The highest BCUT2D eigenvalue weighted by atomic mass is 16.5. The molecule has 4 rings (SSSR count). The minimum absolute atomic E-state index is 0.00244. The Hall–Kier alpha value is -3.10. The summed E-state index contributed by atoms with van der Waals surface area (Å²) in [6.07, 6.45) is 1.77. The van der Waals surface area contributed by atoms with Crippen molar-refractivity contribution >= 4 is 17.5 Å². The predicted octanol–water partition coefficient (Wildman–Crippen LogP) is 3.33. The quantitative estimate of drug-likeness (QED) is 0.497. The van der Waals surface area contributed by atoms with Crippen LogP contribution in [0.4, 0.5) is 5.69 Å². The molecule has 37 heavy (non-hydrogen) atoms. The highest BCUT2D eigenvalue weighted by Gasteiger charge is 2.41. The normalized spacial score (nSPS) is 21.1. The molecule has 2 saturated heterocycles. The molecule has 200 valence electrons. The van der Waals surface area contributed by atoms with Gasteiger partial charge in [-0.2, -0.15) is 0 Å². The number of anilines is 1. The van der Waals surface area contributed by atoms with Gasteiger partial charge in [-0.15, -0.1) is 0 Å². The number of likely N-dealkylation sites (N-methyl/N-ethyl adjacent to an activating group) is 1. The zero-order valence-electron chi connectivity index (χ0n) is 22.3. The largest absolute Gasteiger partial charge is 0.497 e. The molecule has 2 atom stereocenters. The van der Waals surface area contributed by atoms with Crippen molar-refractivity contribution < 1.29 is 19.1 Å². The lowest BCUT2D eigenvalue weighted by atomic mass is 9.83. The van der Waals surface area contributed by atoms with Crippen LogP contribution in [-0.4, -0.2) is 81.6 Å². The third-order valence-corrected chi connectivity index (χ3v) is 7.60. The molecule has 2 heterocycles. The fourth-order valence-electron chi connectivity index (χ4n) is 5.37. The Kier molecular flexibility index (Phi) is 9.41. The number of methoxy groups -OCH3 is 2. The molecule has 2 aromatic carbocycles. The van der Waals surface area contributed by atoms with Crippen LogP contribution in [0.25, 0.3) is 0 Å². The van der Waals surface area contributed by atoms with Gasteiger partial charge in [0.1, 0.15) is 11.5 Å². The second-order valence-electron chi connectivity index (χ2n) is 9.75. The lowest BCUT2D eigenvalue weighted by Crippen LogP contribution is -2.49. The van der Waals surface area contributed by atoms with Crippen LogP contribution in [0.5, 0.6) is 11.5 Å². The molecule has 8 heteroatoms. The smallest absolute Gasteiger partial charge is 0.227 e. The number of nitrogens with one attached hydrogen (secondary N) is 1. The Morgan fingerprint density at radius 3 is 2.11 bits per heavy atom. The summed E-state index contributed by atoms with van der Waals surface area (Å²) in [6, 6.07) is 14.7. The van der Waals surface area contributed by atoms with Gasteiger partial charge in [0, 0.05) is 44.8 Å². The summed E-state index contributed by atoms with van der Waals surface area (Å²) in [7, 11) is 3.25. The van der Waals surface area contributed by atoms with E-state index in [0.29, 0.717) is 19.4 Å². The number of ether oxygens (including phenoxy) is 2. The number of piperazine rings is 1. The molecule has 1 N–H and O–H groups in total. The SMILES string of the molecule is CCN1CCN(CCCNC(=O)[C@@H]2CCC(=O)N(c3ccc(OC)cc3)[C@H]2c2ccc(OC)cc2)CC1. The maximum Gasteiger partial charge on any atom is 0.227 e. The van der Waals surface area contributed by atoms with Crippen LogP contribution in [0.1, 0.15) is 37.8 Å². The molecular formula is C29H40N4O4. The first-order valence-electron chi connectivity index (χ1n) is 13.4. The van der Waals surface area contributed by atoms with Gasteiger partial charge in [0.15, 0.2) is 0 Å². The van der Waals surface area contributed by atoms with Gasteiger partial charge in [0.25, 0.3) is 0 Å². The molecule has 0 spiro atoms. The molecule has 0 aromatic heterocycles. The molecule has 2 fully saturated rings. The number of piperidine rings is 1. The van der Waals surface area contributed by atoms with Crippen LogP contribution in [0.15, 0.2) is 48.5 Å². The van der Waals surface area contributed by atoms with Crippen LogP contribution >= 0.6 is 0 Å². The van der Waals surface area contributed by atoms with Crippen molar-refractivity contribution in [2.45, 2.75) is 32.2 Å². The predicted molar refractivity (Wildman–Crippen MR) is 145 cm³/mol. The van der Waals surface area contributed by atoms with E-state index in [1.807, 2.05) is 48.5 Å². The van der Waals surface area contributed by atoms with Gasteiger partial charge in [0.05, 0.1) is 26.2 Å². The fourth-order valence-corrected chi connectivity index (χ4v) is 5.37. The van der Waals surface area contributed by atoms with Gasteiger partial charge >= 0.3 is 0 Å². The fraction of sp³-hybridized carbons (Fsp3) is 0.517. The summed E-state index contributed by atoms with van der Waals surface area (Å²) in [5, 5.41) is 3.18. The number of hydrogen-bond acceptors (Lipinski definition) is 6. The molecule has 2 aromatic rings. The van der Waals surface area contributed by atoms with E-state index < -0.39 is 6.04 Å². The average molecular weight is 509 g/mol. The van der Waals surface area contributed by atoms with Crippen LogP contribution in [-0.2, 0) is 9.59 Å². The van der Waals surface area contributed by atoms with E-state index in [9.17, 15) is 9.59 Å². The topological polar surface area (TPSA) is 74.4 Å². The molecule has 0 bridgehead atoms. The minimum Gasteiger partial charge on any atom is -0.497 e. The highest BCUT2D eigenvalue weighted by molar-refractivity contribution is 5.97. The molecular weight excluding hydrogens is 468 g/mol. The van der Waals surface area contributed by atoms with Crippen molar-refractivity contribution in [1.82, 2.24) is 15.1 Å². The van der Waals surface area contributed by atoms with E-state index >= 15 is 0 Å². The number of carbonyl (C=O) groups is 2. The first-order valence-corrected chi connectivity index (χ1v) is 13.4. The molecule has 0 saturated carbocycles.